The molecule has 118 valence electrons. The Labute approximate surface area is 151 Å². The maximum atomic E-state index is 13.2. The van der Waals surface area contributed by atoms with Gasteiger partial charge in [-0.25, -0.2) is 9.37 Å². The molecular formula is C18H11BrFN3S. The number of nitrogens with zero attached hydrogens (tertiary/aromatic N) is 2. The number of rotatable bonds is 4. The van der Waals surface area contributed by atoms with Crippen LogP contribution in [0.4, 0.5) is 10.1 Å². The second-order valence-corrected chi connectivity index (χ2v) is 6.64. The molecule has 0 aliphatic carbocycles. The zero-order chi connectivity index (χ0) is 16.9. The van der Waals surface area contributed by atoms with E-state index in [-0.39, 0.29) is 5.82 Å². The molecule has 0 spiro atoms. The standard InChI is InChI=1S/C18H11BrFN3S/c19-14-6-4-12(5-7-14)17-11-24-18(23-17)13(9-21)10-22-16-3-1-2-15(20)8-16/h1-8,10-11,22H. The maximum absolute atomic E-state index is 13.2. The van der Waals surface area contributed by atoms with E-state index in [0.717, 1.165) is 15.7 Å². The van der Waals surface area contributed by atoms with Gasteiger partial charge in [0, 0.05) is 27.3 Å². The van der Waals surface area contributed by atoms with E-state index >= 15 is 0 Å². The number of hydrogen-bond donors (Lipinski definition) is 1. The van der Waals surface area contributed by atoms with Crippen molar-refractivity contribution in [2.45, 2.75) is 0 Å². The summed E-state index contributed by atoms with van der Waals surface area (Å²) in [5, 5.41) is 14.8. The largest absolute Gasteiger partial charge is 0.360 e. The van der Waals surface area contributed by atoms with Gasteiger partial charge in [-0.15, -0.1) is 11.3 Å². The van der Waals surface area contributed by atoms with Crippen molar-refractivity contribution in [1.82, 2.24) is 4.98 Å². The van der Waals surface area contributed by atoms with Gasteiger partial charge in [-0.3, -0.25) is 0 Å². The van der Waals surface area contributed by atoms with Crippen LogP contribution in [0.25, 0.3) is 16.8 Å². The molecule has 0 bridgehead atoms. The van der Waals surface area contributed by atoms with Gasteiger partial charge in [0.15, 0.2) is 0 Å². The normalized spacial score (nSPS) is 11.1. The summed E-state index contributed by atoms with van der Waals surface area (Å²) in [5.74, 6) is -0.335. The number of nitriles is 1. The van der Waals surface area contributed by atoms with Crippen LogP contribution in [-0.2, 0) is 0 Å². The van der Waals surface area contributed by atoms with Gasteiger partial charge in [0.05, 0.1) is 5.69 Å². The molecule has 0 saturated carbocycles. The third kappa shape index (κ3) is 3.88. The first-order valence-corrected chi connectivity index (χ1v) is 8.67. The molecule has 0 atom stereocenters. The highest BCUT2D eigenvalue weighted by molar-refractivity contribution is 9.10. The Balaban J connectivity index is 1.82. The van der Waals surface area contributed by atoms with Crippen LogP contribution in [0.15, 0.2) is 64.6 Å². The van der Waals surface area contributed by atoms with Crippen molar-refractivity contribution >= 4 is 38.5 Å². The van der Waals surface area contributed by atoms with E-state index in [1.807, 2.05) is 29.6 Å². The third-order valence-electron chi connectivity index (χ3n) is 3.20. The van der Waals surface area contributed by atoms with Crippen LogP contribution in [0.3, 0.4) is 0 Å². The van der Waals surface area contributed by atoms with E-state index in [9.17, 15) is 9.65 Å². The summed E-state index contributed by atoms with van der Waals surface area (Å²) in [4.78, 5) is 4.51. The highest BCUT2D eigenvalue weighted by Gasteiger charge is 2.09. The summed E-state index contributed by atoms with van der Waals surface area (Å²) in [7, 11) is 0. The van der Waals surface area contributed by atoms with E-state index in [4.69, 9.17) is 0 Å². The fourth-order valence-corrected chi connectivity index (χ4v) is 3.09. The van der Waals surface area contributed by atoms with Crippen molar-refractivity contribution in [1.29, 1.82) is 5.26 Å². The molecule has 0 aliphatic heterocycles. The molecule has 0 fully saturated rings. The molecule has 1 aromatic heterocycles. The summed E-state index contributed by atoms with van der Waals surface area (Å²) in [6.07, 6.45) is 1.54. The van der Waals surface area contributed by atoms with Crippen LogP contribution >= 0.6 is 27.3 Å². The van der Waals surface area contributed by atoms with E-state index in [0.29, 0.717) is 16.3 Å². The van der Waals surface area contributed by atoms with Crippen LogP contribution in [0.1, 0.15) is 5.01 Å². The second-order valence-electron chi connectivity index (χ2n) is 4.87. The first kappa shape index (κ1) is 16.4. The minimum Gasteiger partial charge on any atom is -0.360 e. The minimum atomic E-state index is -0.335. The Morgan fingerprint density at radius 3 is 2.75 bits per heavy atom. The Bertz CT molecular complexity index is 926. The monoisotopic (exact) mass is 399 g/mol. The quantitative estimate of drug-likeness (QED) is 0.573. The molecule has 3 rings (SSSR count). The van der Waals surface area contributed by atoms with Gasteiger partial charge in [-0.2, -0.15) is 5.26 Å². The molecular weight excluding hydrogens is 389 g/mol. The zero-order valence-corrected chi connectivity index (χ0v) is 14.7. The fourth-order valence-electron chi connectivity index (χ4n) is 2.03. The van der Waals surface area contributed by atoms with E-state index in [1.165, 1.54) is 23.5 Å². The van der Waals surface area contributed by atoms with Gasteiger partial charge < -0.3 is 5.32 Å². The molecule has 1 N–H and O–H groups in total. The van der Waals surface area contributed by atoms with Crippen LogP contribution in [0, 0.1) is 17.1 Å². The Morgan fingerprint density at radius 2 is 2.04 bits per heavy atom. The second kappa shape index (κ2) is 7.39. The average Bonchev–Trinajstić information content (AvgIpc) is 3.06. The van der Waals surface area contributed by atoms with Crippen LogP contribution in [0.5, 0.6) is 0 Å². The SMILES string of the molecule is N#CC(=CNc1cccc(F)c1)c1nc(-c2ccc(Br)cc2)cs1. The van der Waals surface area contributed by atoms with Crippen molar-refractivity contribution in [3.63, 3.8) is 0 Å². The number of nitrogens with one attached hydrogen (secondary N) is 1. The minimum absolute atomic E-state index is 0.335. The van der Waals surface area contributed by atoms with Gasteiger partial charge in [-0.1, -0.05) is 34.1 Å². The lowest BCUT2D eigenvalue weighted by Crippen LogP contribution is -1.91. The van der Waals surface area contributed by atoms with Crippen molar-refractivity contribution < 1.29 is 4.39 Å². The van der Waals surface area contributed by atoms with Gasteiger partial charge in [-0.05, 0) is 30.3 Å². The van der Waals surface area contributed by atoms with Crippen molar-refractivity contribution in [2.75, 3.05) is 5.32 Å². The summed E-state index contributed by atoms with van der Waals surface area (Å²) >= 11 is 4.79. The lowest BCUT2D eigenvalue weighted by atomic mass is 10.2. The number of aromatic nitrogens is 1. The zero-order valence-electron chi connectivity index (χ0n) is 12.3. The summed E-state index contributed by atoms with van der Waals surface area (Å²) in [6, 6.07) is 16.0. The highest BCUT2D eigenvalue weighted by Crippen LogP contribution is 2.27. The predicted molar refractivity (Wildman–Crippen MR) is 98.9 cm³/mol. The number of hydrogen-bond acceptors (Lipinski definition) is 4. The molecule has 0 amide bonds. The molecule has 0 aliphatic rings. The van der Waals surface area contributed by atoms with Crippen molar-refractivity contribution in [3.8, 4) is 17.3 Å². The van der Waals surface area contributed by atoms with E-state index < -0.39 is 0 Å². The summed E-state index contributed by atoms with van der Waals surface area (Å²) in [6.45, 7) is 0. The van der Waals surface area contributed by atoms with Crippen molar-refractivity contribution in [3.05, 3.63) is 75.4 Å². The Kier molecular flexibility index (Phi) is 5.04. The highest BCUT2D eigenvalue weighted by atomic mass is 79.9. The number of benzene rings is 2. The molecule has 6 heteroatoms. The third-order valence-corrected chi connectivity index (χ3v) is 4.61. The molecule has 24 heavy (non-hydrogen) atoms. The Morgan fingerprint density at radius 1 is 1.25 bits per heavy atom. The van der Waals surface area contributed by atoms with Gasteiger partial charge in [0.2, 0.25) is 0 Å². The molecule has 1 heterocycles. The van der Waals surface area contributed by atoms with Crippen molar-refractivity contribution in [2.24, 2.45) is 0 Å². The van der Waals surface area contributed by atoms with Gasteiger partial charge in [0.25, 0.3) is 0 Å². The van der Waals surface area contributed by atoms with E-state index in [2.05, 4.69) is 32.3 Å². The van der Waals surface area contributed by atoms with Crippen LogP contribution in [-0.4, -0.2) is 4.98 Å². The number of anilines is 1. The molecule has 2 aromatic carbocycles. The van der Waals surface area contributed by atoms with E-state index in [1.54, 1.807) is 18.3 Å². The maximum Gasteiger partial charge on any atom is 0.136 e. The predicted octanol–water partition coefficient (Wildman–Crippen LogP) is 5.69. The fraction of sp³-hybridized carbons (Fsp3) is 0. The Hall–Kier alpha value is -2.49. The summed E-state index contributed by atoms with van der Waals surface area (Å²) < 4.78 is 14.2. The lowest BCUT2D eigenvalue weighted by Gasteiger charge is -2.01. The lowest BCUT2D eigenvalue weighted by molar-refractivity contribution is 0.628. The van der Waals surface area contributed by atoms with Gasteiger partial charge >= 0.3 is 0 Å². The smallest absolute Gasteiger partial charge is 0.136 e. The van der Waals surface area contributed by atoms with Crippen LogP contribution < -0.4 is 5.32 Å². The topological polar surface area (TPSA) is 48.7 Å². The first-order valence-electron chi connectivity index (χ1n) is 7.00. The number of allylic oxidation sites excluding steroid dienone is 1. The molecule has 0 radical (unpaired) electrons. The first-order chi connectivity index (χ1) is 11.7. The molecule has 3 nitrogen and oxygen atoms in total. The average molecular weight is 400 g/mol. The van der Waals surface area contributed by atoms with Crippen LogP contribution in [0.2, 0.25) is 0 Å². The number of thiazole rings is 1. The molecule has 0 saturated heterocycles. The summed E-state index contributed by atoms with van der Waals surface area (Å²) in [5.41, 5.74) is 2.77. The number of halogens is 2. The molecule has 3 aromatic rings. The molecule has 0 unspecified atom stereocenters. The van der Waals surface area contributed by atoms with Gasteiger partial charge in [0.1, 0.15) is 22.5 Å².